The van der Waals surface area contributed by atoms with E-state index in [4.69, 9.17) is 9.15 Å². The van der Waals surface area contributed by atoms with Crippen LogP contribution in [0.25, 0.3) is 11.0 Å². The van der Waals surface area contributed by atoms with E-state index >= 15 is 0 Å². The number of hydrogen-bond acceptors (Lipinski definition) is 4. The molecule has 146 valence electrons. The van der Waals surface area contributed by atoms with E-state index in [1.54, 1.807) is 7.11 Å². The van der Waals surface area contributed by atoms with Crippen LogP contribution in [0.1, 0.15) is 21.7 Å². The normalized spacial score (nSPS) is 15.2. The van der Waals surface area contributed by atoms with Crippen LogP contribution < -0.4 is 4.74 Å². The van der Waals surface area contributed by atoms with E-state index in [0.717, 1.165) is 35.1 Å². The molecular formula is C22H23BrN2O3. The van der Waals surface area contributed by atoms with E-state index in [-0.39, 0.29) is 5.91 Å². The minimum atomic E-state index is -0.0387. The third-order valence-corrected chi connectivity index (χ3v) is 5.93. The Balaban J connectivity index is 1.47. The van der Waals surface area contributed by atoms with Crippen LogP contribution in [0.15, 0.2) is 51.4 Å². The number of furan rings is 1. The molecule has 0 bridgehead atoms. The Morgan fingerprint density at radius 2 is 1.86 bits per heavy atom. The van der Waals surface area contributed by atoms with Crippen LogP contribution >= 0.6 is 15.9 Å². The maximum atomic E-state index is 13.1. The third kappa shape index (κ3) is 3.66. The van der Waals surface area contributed by atoms with Crippen molar-refractivity contribution >= 4 is 32.8 Å². The van der Waals surface area contributed by atoms with Gasteiger partial charge in [-0.15, -0.1) is 0 Å². The van der Waals surface area contributed by atoms with Crippen molar-refractivity contribution in [1.82, 2.24) is 9.80 Å². The molecule has 0 unspecified atom stereocenters. The van der Waals surface area contributed by atoms with E-state index in [9.17, 15) is 4.79 Å². The number of carbonyl (C=O) groups excluding carboxylic acids is 1. The van der Waals surface area contributed by atoms with Crippen LogP contribution in [0.5, 0.6) is 5.75 Å². The van der Waals surface area contributed by atoms with Crippen molar-refractivity contribution < 1.29 is 13.9 Å². The van der Waals surface area contributed by atoms with Crippen molar-refractivity contribution in [3.63, 3.8) is 0 Å². The predicted molar refractivity (Wildman–Crippen MR) is 113 cm³/mol. The van der Waals surface area contributed by atoms with Gasteiger partial charge in [0.25, 0.3) is 5.91 Å². The van der Waals surface area contributed by atoms with Gasteiger partial charge in [0, 0.05) is 49.7 Å². The number of carbonyl (C=O) groups is 1. The van der Waals surface area contributed by atoms with Crippen molar-refractivity contribution in [2.24, 2.45) is 0 Å². The van der Waals surface area contributed by atoms with Gasteiger partial charge < -0.3 is 14.1 Å². The molecule has 1 aliphatic heterocycles. The monoisotopic (exact) mass is 442 g/mol. The zero-order valence-corrected chi connectivity index (χ0v) is 17.7. The lowest BCUT2D eigenvalue weighted by Gasteiger charge is -2.34. The van der Waals surface area contributed by atoms with Crippen LogP contribution in [0.3, 0.4) is 0 Å². The molecule has 0 aliphatic carbocycles. The van der Waals surface area contributed by atoms with Crippen LogP contribution in [0.4, 0.5) is 0 Å². The van der Waals surface area contributed by atoms with Crippen molar-refractivity contribution in [2.45, 2.75) is 13.5 Å². The molecule has 1 amide bonds. The molecule has 2 aromatic carbocycles. The summed E-state index contributed by atoms with van der Waals surface area (Å²) in [6, 6.07) is 14.2. The number of aryl methyl sites for hydroxylation is 1. The first-order chi connectivity index (χ1) is 13.6. The highest BCUT2D eigenvalue weighted by atomic mass is 79.9. The Bertz CT molecular complexity index is 992. The van der Waals surface area contributed by atoms with Crippen LogP contribution in [-0.4, -0.2) is 49.0 Å². The average molecular weight is 443 g/mol. The molecule has 3 aromatic rings. The summed E-state index contributed by atoms with van der Waals surface area (Å²) in [5, 5.41) is 0.929. The minimum Gasteiger partial charge on any atom is -0.495 e. The summed E-state index contributed by atoms with van der Waals surface area (Å²) in [5.74, 6) is 1.07. The largest absolute Gasteiger partial charge is 0.495 e. The van der Waals surface area contributed by atoms with E-state index in [0.29, 0.717) is 30.2 Å². The van der Waals surface area contributed by atoms with E-state index < -0.39 is 0 Å². The third-order valence-electron chi connectivity index (χ3n) is 5.31. The zero-order valence-electron chi connectivity index (χ0n) is 16.1. The van der Waals surface area contributed by atoms with E-state index in [2.05, 4.69) is 45.1 Å². The fraction of sp³-hybridized carbons (Fsp3) is 0.318. The highest BCUT2D eigenvalue weighted by Gasteiger charge is 2.27. The van der Waals surface area contributed by atoms with Gasteiger partial charge in [0.05, 0.1) is 11.6 Å². The molecule has 0 N–H and O–H groups in total. The second kappa shape index (κ2) is 7.97. The molecule has 1 aliphatic rings. The molecule has 0 radical (unpaired) electrons. The molecule has 2 heterocycles. The van der Waals surface area contributed by atoms with Crippen LogP contribution in [-0.2, 0) is 6.54 Å². The molecular weight excluding hydrogens is 420 g/mol. The first kappa shape index (κ1) is 19.0. The Hall–Kier alpha value is -2.31. The lowest BCUT2D eigenvalue weighted by molar-refractivity contribution is 0.0599. The summed E-state index contributed by atoms with van der Waals surface area (Å²) in [4.78, 5) is 17.3. The number of benzene rings is 2. The maximum Gasteiger partial charge on any atom is 0.289 e. The highest BCUT2D eigenvalue weighted by molar-refractivity contribution is 9.10. The van der Waals surface area contributed by atoms with Gasteiger partial charge in [-0.1, -0.05) is 30.3 Å². The minimum absolute atomic E-state index is 0.0387. The number of hydrogen-bond donors (Lipinski definition) is 0. The van der Waals surface area contributed by atoms with Crippen molar-refractivity contribution in [1.29, 1.82) is 0 Å². The number of piperazine rings is 1. The van der Waals surface area contributed by atoms with E-state index in [1.807, 2.05) is 30.0 Å². The molecule has 1 aromatic heterocycles. The number of methoxy groups -OCH3 is 1. The second-order valence-electron chi connectivity index (χ2n) is 7.09. The smallest absolute Gasteiger partial charge is 0.289 e. The molecule has 4 rings (SSSR count). The standard InChI is InChI=1S/C22H23BrN2O3/c1-15-17-12-18(23)20(27-2)13-19(17)28-21(15)22(26)25-10-8-24(9-11-25)14-16-6-4-3-5-7-16/h3-7,12-13H,8-11,14H2,1-2H3. The Kier molecular flexibility index (Phi) is 5.42. The summed E-state index contributed by atoms with van der Waals surface area (Å²) >= 11 is 3.50. The predicted octanol–water partition coefficient (Wildman–Crippen LogP) is 4.47. The quantitative estimate of drug-likeness (QED) is 0.597. The number of nitrogens with zero attached hydrogens (tertiary/aromatic N) is 2. The summed E-state index contributed by atoms with van der Waals surface area (Å²) in [6.45, 7) is 5.98. The summed E-state index contributed by atoms with van der Waals surface area (Å²) in [6.07, 6.45) is 0. The van der Waals surface area contributed by atoms with Gasteiger partial charge in [-0.2, -0.15) is 0 Å². The SMILES string of the molecule is COc1cc2oc(C(=O)N3CCN(Cc4ccccc4)CC3)c(C)c2cc1Br. The Labute approximate surface area is 173 Å². The fourth-order valence-electron chi connectivity index (χ4n) is 3.68. The Morgan fingerprint density at radius 3 is 2.54 bits per heavy atom. The number of fused-ring (bicyclic) bond motifs is 1. The molecule has 1 fully saturated rings. The van der Waals surface area contributed by atoms with Gasteiger partial charge in [0.2, 0.25) is 0 Å². The average Bonchev–Trinajstić information content (AvgIpc) is 3.04. The van der Waals surface area contributed by atoms with E-state index in [1.165, 1.54) is 5.56 Å². The van der Waals surface area contributed by atoms with Crippen molar-refractivity contribution in [3.8, 4) is 5.75 Å². The van der Waals surface area contributed by atoms with Crippen LogP contribution in [0.2, 0.25) is 0 Å². The molecule has 0 saturated carbocycles. The number of amides is 1. The van der Waals surface area contributed by atoms with Gasteiger partial charge >= 0.3 is 0 Å². The molecule has 0 spiro atoms. The molecule has 5 nitrogen and oxygen atoms in total. The lowest BCUT2D eigenvalue weighted by Crippen LogP contribution is -2.48. The van der Waals surface area contributed by atoms with Crippen molar-refractivity contribution in [2.75, 3.05) is 33.3 Å². The van der Waals surface area contributed by atoms with Crippen molar-refractivity contribution in [3.05, 3.63) is 63.8 Å². The molecule has 28 heavy (non-hydrogen) atoms. The zero-order chi connectivity index (χ0) is 19.7. The molecule has 6 heteroatoms. The summed E-state index contributed by atoms with van der Waals surface area (Å²) < 4.78 is 12.1. The number of ether oxygens (including phenoxy) is 1. The number of rotatable bonds is 4. The molecule has 0 atom stereocenters. The van der Waals surface area contributed by atoms with Gasteiger partial charge in [0.1, 0.15) is 11.3 Å². The summed E-state index contributed by atoms with van der Waals surface area (Å²) in [5.41, 5.74) is 2.84. The topological polar surface area (TPSA) is 45.9 Å². The highest BCUT2D eigenvalue weighted by Crippen LogP contribution is 2.35. The summed E-state index contributed by atoms with van der Waals surface area (Å²) in [7, 11) is 1.61. The second-order valence-corrected chi connectivity index (χ2v) is 7.95. The first-order valence-electron chi connectivity index (χ1n) is 9.39. The molecule has 1 saturated heterocycles. The lowest BCUT2D eigenvalue weighted by atomic mass is 10.1. The van der Waals surface area contributed by atoms with Gasteiger partial charge in [0.15, 0.2) is 5.76 Å². The van der Waals surface area contributed by atoms with Gasteiger partial charge in [-0.25, -0.2) is 0 Å². The number of halogens is 1. The van der Waals surface area contributed by atoms with Crippen LogP contribution in [0, 0.1) is 6.92 Å². The van der Waals surface area contributed by atoms with Gasteiger partial charge in [-0.3, -0.25) is 9.69 Å². The van der Waals surface area contributed by atoms with Gasteiger partial charge in [-0.05, 0) is 34.5 Å². The fourth-order valence-corrected chi connectivity index (χ4v) is 4.18. The maximum absolute atomic E-state index is 13.1. The first-order valence-corrected chi connectivity index (χ1v) is 10.2. The Morgan fingerprint density at radius 1 is 1.14 bits per heavy atom.